The van der Waals surface area contributed by atoms with Gasteiger partial charge in [-0.2, -0.15) is 0 Å². The zero-order chi connectivity index (χ0) is 21.3. The van der Waals surface area contributed by atoms with Crippen LogP contribution in [0.3, 0.4) is 0 Å². The first kappa shape index (κ1) is 20.3. The van der Waals surface area contributed by atoms with Crippen molar-refractivity contribution in [1.82, 2.24) is 19.3 Å². The summed E-state index contributed by atoms with van der Waals surface area (Å²) in [6.07, 6.45) is 1.72. The molecule has 30 heavy (non-hydrogen) atoms. The minimum absolute atomic E-state index is 0.0812. The van der Waals surface area contributed by atoms with Crippen LogP contribution in [0, 0.1) is 20.8 Å². The fourth-order valence-electron chi connectivity index (χ4n) is 3.64. The van der Waals surface area contributed by atoms with Gasteiger partial charge in [-0.1, -0.05) is 47.5 Å². The molecule has 2 heterocycles. The molecule has 0 saturated heterocycles. The molecule has 0 atom stereocenters. The molecule has 0 aliphatic carbocycles. The Labute approximate surface area is 176 Å². The molecule has 7 heteroatoms. The van der Waals surface area contributed by atoms with E-state index in [-0.39, 0.29) is 11.4 Å². The summed E-state index contributed by atoms with van der Waals surface area (Å²) in [4.78, 5) is 9.39. The number of benzene rings is 2. The van der Waals surface area contributed by atoms with Crippen molar-refractivity contribution in [2.45, 2.75) is 38.8 Å². The molecule has 0 bridgehead atoms. The molecule has 1 N–H and O–H groups in total. The average molecular weight is 421 g/mol. The van der Waals surface area contributed by atoms with Gasteiger partial charge in [0.1, 0.15) is 11.3 Å². The van der Waals surface area contributed by atoms with E-state index in [9.17, 15) is 8.42 Å². The Kier molecular flexibility index (Phi) is 5.40. The van der Waals surface area contributed by atoms with Gasteiger partial charge in [0.2, 0.25) is 10.0 Å². The molecule has 0 aliphatic rings. The predicted octanol–water partition coefficient (Wildman–Crippen LogP) is 3.88. The Morgan fingerprint density at radius 3 is 2.53 bits per heavy atom. The van der Waals surface area contributed by atoms with Gasteiger partial charge in [-0.05, 0) is 50.1 Å². The molecule has 0 unspecified atom stereocenters. The topological polar surface area (TPSA) is 76.9 Å². The molecule has 154 valence electrons. The maximum Gasteiger partial charge on any atom is 0.241 e. The first-order valence-corrected chi connectivity index (χ1v) is 11.2. The number of sulfonamides is 1. The monoisotopic (exact) mass is 420 g/mol. The molecule has 0 spiro atoms. The van der Waals surface area contributed by atoms with Crippen LogP contribution in [0.25, 0.3) is 11.2 Å². The van der Waals surface area contributed by atoms with Crippen LogP contribution in [0.15, 0.2) is 65.7 Å². The molecule has 4 aromatic rings. The van der Waals surface area contributed by atoms with Gasteiger partial charge in [0.05, 0.1) is 18.0 Å². The number of imidazole rings is 1. The average Bonchev–Trinajstić information content (AvgIpc) is 3.04. The lowest BCUT2D eigenvalue weighted by atomic mass is 10.1. The van der Waals surface area contributed by atoms with Crippen LogP contribution in [0.1, 0.15) is 28.1 Å². The zero-order valence-electron chi connectivity index (χ0n) is 17.3. The molecule has 0 saturated carbocycles. The highest BCUT2D eigenvalue weighted by Gasteiger charge is 2.19. The van der Waals surface area contributed by atoms with Gasteiger partial charge >= 0.3 is 0 Å². The van der Waals surface area contributed by atoms with Crippen molar-refractivity contribution < 1.29 is 8.42 Å². The molecule has 0 amide bonds. The normalized spacial score (nSPS) is 11.8. The van der Waals surface area contributed by atoms with E-state index in [2.05, 4.69) is 20.8 Å². The highest BCUT2D eigenvalue weighted by Crippen LogP contribution is 2.19. The molecule has 0 aliphatic heterocycles. The Balaban J connectivity index is 1.67. The van der Waals surface area contributed by atoms with E-state index in [0.29, 0.717) is 12.4 Å². The minimum atomic E-state index is -3.66. The Morgan fingerprint density at radius 2 is 1.77 bits per heavy atom. The van der Waals surface area contributed by atoms with Gasteiger partial charge in [0, 0.05) is 6.20 Å². The maximum atomic E-state index is 12.9. The highest BCUT2D eigenvalue weighted by atomic mass is 32.2. The highest BCUT2D eigenvalue weighted by molar-refractivity contribution is 7.89. The van der Waals surface area contributed by atoms with E-state index in [1.54, 1.807) is 25.3 Å². The number of fused-ring (bicyclic) bond motifs is 1. The third kappa shape index (κ3) is 4.13. The summed E-state index contributed by atoms with van der Waals surface area (Å²) in [6, 6.07) is 17.2. The van der Waals surface area contributed by atoms with Crippen molar-refractivity contribution in [3.63, 3.8) is 0 Å². The lowest BCUT2D eigenvalue weighted by Gasteiger charge is -2.12. The van der Waals surface area contributed by atoms with E-state index in [0.717, 1.165) is 27.9 Å². The smallest absolute Gasteiger partial charge is 0.241 e. The van der Waals surface area contributed by atoms with Crippen molar-refractivity contribution >= 4 is 21.2 Å². The number of aromatic nitrogens is 3. The first-order chi connectivity index (χ1) is 14.3. The number of pyridine rings is 1. The summed E-state index contributed by atoms with van der Waals surface area (Å²) in [7, 11) is -3.66. The second-order valence-electron chi connectivity index (χ2n) is 7.54. The first-order valence-electron chi connectivity index (χ1n) is 9.76. The summed E-state index contributed by atoms with van der Waals surface area (Å²) in [5.41, 5.74) is 5.50. The quantitative estimate of drug-likeness (QED) is 0.513. The Bertz CT molecular complexity index is 1330. The van der Waals surface area contributed by atoms with E-state index >= 15 is 0 Å². The van der Waals surface area contributed by atoms with Gasteiger partial charge in [0.15, 0.2) is 5.65 Å². The van der Waals surface area contributed by atoms with Crippen molar-refractivity contribution in [1.29, 1.82) is 0 Å². The van der Waals surface area contributed by atoms with Gasteiger partial charge < -0.3 is 4.57 Å². The largest absolute Gasteiger partial charge is 0.307 e. The van der Waals surface area contributed by atoms with E-state index in [1.165, 1.54) is 5.56 Å². The molecule has 2 aromatic carbocycles. The van der Waals surface area contributed by atoms with Crippen molar-refractivity contribution in [3.8, 4) is 0 Å². The number of rotatable bonds is 6. The molecular weight excluding hydrogens is 396 g/mol. The third-order valence-corrected chi connectivity index (χ3v) is 6.61. The standard InChI is InChI=1S/C23H24N4O2S/c1-16-6-4-7-19(13-16)15-27-22(26-20-8-5-11-24-23(20)27)14-25-30(28,29)21-10-9-17(2)12-18(21)3/h4-13,25H,14-15H2,1-3H3. The predicted molar refractivity (Wildman–Crippen MR) is 118 cm³/mol. The lowest BCUT2D eigenvalue weighted by molar-refractivity contribution is 0.576. The van der Waals surface area contributed by atoms with Crippen molar-refractivity contribution in [2.75, 3.05) is 0 Å². The van der Waals surface area contributed by atoms with E-state index < -0.39 is 10.0 Å². The van der Waals surface area contributed by atoms with Crippen LogP contribution in [-0.2, 0) is 23.1 Å². The van der Waals surface area contributed by atoms with Crippen LogP contribution in [0.4, 0.5) is 0 Å². The summed E-state index contributed by atoms with van der Waals surface area (Å²) < 4.78 is 30.5. The van der Waals surface area contributed by atoms with Crippen molar-refractivity contribution in [3.05, 3.63) is 88.9 Å². The maximum absolute atomic E-state index is 12.9. The fraction of sp³-hybridized carbons (Fsp3) is 0.217. The molecule has 2 aromatic heterocycles. The van der Waals surface area contributed by atoms with Crippen LogP contribution >= 0.6 is 0 Å². The second kappa shape index (κ2) is 8.01. The van der Waals surface area contributed by atoms with Gasteiger partial charge in [0.25, 0.3) is 0 Å². The number of hydrogen-bond acceptors (Lipinski definition) is 4. The minimum Gasteiger partial charge on any atom is -0.307 e. The summed E-state index contributed by atoms with van der Waals surface area (Å²) in [5.74, 6) is 0.624. The number of hydrogen-bond donors (Lipinski definition) is 1. The number of nitrogens with one attached hydrogen (secondary N) is 1. The fourth-order valence-corrected chi connectivity index (χ4v) is 4.84. The third-order valence-electron chi connectivity index (χ3n) is 5.05. The molecular formula is C23H24N4O2S. The van der Waals surface area contributed by atoms with Gasteiger partial charge in [-0.3, -0.25) is 0 Å². The SMILES string of the molecule is Cc1cccc(Cn2c(CNS(=O)(=O)c3ccc(C)cc3C)nc3cccnc32)c1. The van der Waals surface area contributed by atoms with E-state index in [1.807, 2.05) is 54.8 Å². The van der Waals surface area contributed by atoms with Crippen LogP contribution in [-0.4, -0.2) is 23.0 Å². The summed E-state index contributed by atoms with van der Waals surface area (Å²) >= 11 is 0. The van der Waals surface area contributed by atoms with E-state index in [4.69, 9.17) is 0 Å². The van der Waals surface area contributed by atoms with Crippen LogP contribution in [0.2, 0.25) is 0 Å². The van der Waals surface area contributed by atoms with Crippen LogP contribution < -0.4 is 4.72 Å². The zero-order valence-corrected chi connectivity index (χ0v) is 18.1. The molecule has 0 fully saturated rings. The molecule has 6 nitrogen and oxygen atoms in total. The van der Waals surface area contributed by atoms with Gasteiger partial charge in [-0.25, -0.2) is 23.1 Å². The summed E-state index contributed by atoms with van der Waals surface area (Å²) in [6.45, 7) is 6.44. The Morgan fingerprint density at radius 1 is 0.967 bits per heavy atom. The summed E-state index contributed by atoms with van der Waals surface area (Å²) in [5, 5.41) is 0. The van der Waals surface area contributed by atoms with Crippen LogP contribution in [0.5, 0.6) is 0 Å². The lowest BCUT2D eigenvalue weighted by Crippen LogP contribution is -2.26. The van der Waals surface area contributed by atoms with Gasteiger partial charge in [-0.15, -0.1) is 0 Å². The molecule has 0 radical (unpaired) electrons. The van der Waals surface area contributed by atoms with Crippen molar-refractivity contribution in [2.24, 2.45) is 0 Å². The second-order valence-corrected chi connectivity index (χ2v) is 9.28. The molecule has 4 rings (SSSR count). The number of nitrogens with zero attached hydrogens (tertiary/aromatic N) is 3. The Hall–Kier alpha value is -3.03. The number of aryl methyl sites for hydroxylation is 3.